The van der Waals surface area contributed by atoms with E-state index in [9.17, 15) is 44.1 Å². The Balaban J connectivity index is -0.0000000659. The van der Waals surface area contributed by atoms with Crippen LogP contribution in [0.1, 0.15) is 32.6 Å². The smallest absolute Gasteiger partial charge is 0.550 e. The second-order valence-corrected chi connectivity index (χ2v) is 5.21. The number of rotatable bonds is 10. The van der Waals surface area contributed by atoms with Gasteiger partial charge in [0, 0.05) is 31.4 Å². The number of aliphatic carboxylic acids is 6. The summed E-state index contributed by atoms with van der Waals surface area (Å²) in [4.78, 5) is 60.5. The van der Waals surface area contributed by atoms with Crippen molar-refractivity contribution in [2.45, 2.75) is 43.8 Å². The summed E-state index contributed by atoms with van der Waals surface area (Å²) in [6.07, 6.45) is -5.00. The van der Waals surface area contributed by atoms with Crippen molar-refractivity contribution in [3.05, 3.63) is 0 Å². The van der Waals surface area contributed by atoms with Gasteiger partial charge in [0.1, 0.15) is 5.60 Å². The SMILES string of the molecule is CCO.N.O=C(O)CC(O)(CC(=O)O)C(=O)O.O=C([O-])CC(O)(CC(=O)[O-])C(=O)[O-].[Na+].[Na+].[Na+]. The van der Waals surface area contributed by atoms with Gasteiger partial charge in [0.15, 0.2) is 5.60 Å². The molecule has 0 spiro atoms. The summed E-state index contributed by atoms with van der Waals surface area (Å²) in [5, 5.41) is 80.3. The van der Waals surface area contributed by atoms with Crippen LogP contribution in [0, 0.1) is 0 Å². The molecule has 0 unspecified atom stereocenters. The van der Waals surface area contributed by atoms with Crippen LogP contribution in [-0.2, 0) is 28.8 Å². The minimum absolute atomic E-state index is 0. The quantitative estimate of drug-likeness (QED) is 0.133. The van der Waals surface area contributed by atoms with Gasteiger partial charge in [-0.1, -0.05) is 0 Å². The topological polar surface area (TPSA) is 328 Å². The van der Waals surface area contributed by atoms with Gasteiger partial charge in [-0.2, -0.15) is 0 Å². The molecule has 0 heterocycles. The molecule has 9 N–H and O–H groups in total. The minimum Gasteiger partial charge on any atom is -0.550 e. The molecule has 176 valence electrons. The zero-order valence-corrected chi connectivity index (χ0v) is 24.6. The van der Waals surface area contributed by atoms with Crippen LogP contribution in [0.15, 0.2) is 0 Å². The molecule has 0 aromatic heterocycles. The summed E-state index contributed by atoms with van der Waals surface area (Å²) in [5.41, 5.74) is -5.71. The fourth-order valence-electron chi connectivity index (χ4n) is 1.40. The predicted molar refractivity (Wildman–Crippen MR) is 84.1 cm³/mol. The maximum Gasteiger partial charge on any atom is 1.00 e. The van der Waals surface area contributed by atoms with Crippen LogP contribution in [0.5, 0.6) is 0 Å². The summed E-state index contributed by atoms with van der Waals surface area (Å²) in [7, 11) is 0. The third-order valence-electron chi connectivity index (χ3n) is 2.54. The Bertz CT molecular complexity index is 545. The molecule has 33 heavy (non-hydrogen) atoms. The first kappa shape index (κ1) is 49.7. The average Bonchev–Trinajstić information content (AvgIpc) is 2.44. The largest absolute Gasteiger partial charge is 1.00 e. The molecule has 0 aliphatic heterocycles. The molecular weight excluding hydrogens is 491 g/mol. The van der Waals surface area contributed by atoms with E-state index >= 15 is 0 Å². The van der Waals surface area contributed by atoms with Gasteiger partial charge in [-0.25, -0.2) is 4.79 Å². The first-order valence-corrected chi connectivity index (χ1v) is 7.31. The number of aliphatic hydroxyl groups excluding tert-OH is 1. The number of carboxylic acid groups (broad SMARTS) is 6. The molecule has 19 heteroatoms. The van der Waals surface area contributed by atoms with Crippen molar-refractivity contribution in [2.75, 3.05) is 6.61 Å². The number of carboxylic acids is 6. The Morgan fingerprint density at radius 1 is 0.667 bits per heavy atom. The van der Waals surface area contributed by atoms with E-state index in [1.54, 1.807) is 6.92 Å². The fourth-order valence-corrected chi connectivity index (χ4v) is 1.40. The van der Waals surface area contributed by atoms with E-state index in [0.29, 0.717) is 0 Å². The Labute approximate surface area is 253 Å². The molecule has 0 aliphatic rings. The molecule has 0 aromatic carbocycles. The fraction of sp³-hybridized carbons (Fsp3) is 0.571. The van der Waals surface area contributed by atoms with Gasteiger partial charge >= 0.3 is 107 Å². The van der Waals surface area contributed by atoms with Crippen molar-refractivity contribution in [1.82, 2.24) is 6.15 Å². The third-order valence-corrected chi connectivity index (χ3v) is 2.54. The number of carbonyl (C=O) groups excluding carboxylic acids is 3. The standard InChI is InChI=1S/2C6H8O7.C2H6O.H3N.3Na/c2*7-3(8)1-6(13,5(11)12)2-4(9)10;1-2-3;;;;/h2*13H,1-2H2,(H,7,8)(H,9,10)(H,11,12);3H,2H2,1H3;1H3;;;/q;;;;3*+1/p-3. The van der Waals surface area contributed by atoms with Gasteiger partial charge in [-0.15, -0.1) is 0 Å². The second-order valence-electron chi connectivity index (χ2n) is 5.21. The van der Waals surface area contributed by atoms with Crippen LogP contribution in [-0.4, -0.2) is 84.3 Å². The van der Waals surface area contributed by atoms with E-state index in [-0.39, 0.29) is 101 Å². The monoisotopic (exact) mass is 513 g/mol. The van der Waals surface area contributed by atoms with Gasteiger partial charge < -0.3 is 66.5 Å². The Morgan fingerprint density at radius 3 is 1.03 bits per heavy atom. The van der Waals surface area contributed by atoms with Crippen molar-refractivity contribution in [3.63, 3.8) is 0 Å². The van der Waals surface area contributed by atoms with Crippen LogP contribution in [0.25, 0.3) is 0 Å². The van der Waals surface area contributed by atoms with E-state index < -0.39 is 72.7 Å². The molecule has 0 fully saturated rings. The average molecular weight is 513 g/mol. The van der Waals surface area contributed by atoms with Gasteiger partial charge in [0.05, 0.1) is 18.8 Å². The molecule has 0 amide bonds. The van der Waals surface area contributed by atoms with Gasteiger partial charge in [-0.05, 0) is 6.92 Å². The van der Waals surface area contributed by atoms with Crippen LogP contribution >= 0.6 is 0 Å². The van der Waals surface area contributed by atoms with E-state index in [1.165, 1.54) is 0 Å². The van der Waals surface area contributed by atoms with Crippen molar-refractivity contribution in [1.29, 1.82) is 0 Å². The number of aliphatic hydroxyl groups is 3. The molecule has 0 rings (SSSR count). The Hall–Kier alpha value is -0.340. The third kappa shape index (κ3) is 27.8. The molecule has 0 radical (unpaired) electrons. The molecule has 0 atom stereocenters. The van der Waals surface area contributed by atoms with Gasteiger partial charge in [0.2, 0.25) is 0 Å². The van der Waals surface area contributed by atoms with E-state index in [0.717, 1.165) is 0 Å². The van der Waals surface area contributed by atoms with E-state index in [4.69, 9.17) is 30.6 Å². The summed E-state index contributed by atoms with van der Waals surface area (Å²) < 4.78 is 0. The van der Waals surface area contributed by atoms with Crippen LogP contribution in [0.4, 0.5) is 0 Å². The van der Waals surface area contributed by atoms with Crippen molar-refractivity contribution in [3.8, 4) is 0 Å². The van der Waals surface area contributed by atoms with Crippen LogP contribution in [0.2, 0.25) is 0 Å². The van der Waals surface area contributed by atoms with Gasteiger partial charge in [-0.3, -0.25) is 9.59 Å². The van der Waals surface area contributed by atoms with Crippen molar-refractivity contribution >= 4 is 35.8 Å². The second kappa shape index (κ2) is 24.8. The first-order chi connectivity index (χ1) is 13.0. The predicted octanol–water partition coefficient (Wildman–Crippen LogP) is -15.3. The zero-order chi connectivity index (χ0) is 24.0. The maximum atomic E-state index is 10.3. The Morgan fingerprint density at radius 2 is 0.909 bits per heavy atom. The molecule has 0 saturated heterocycles. The van der Waals surface area contributed by atoms with Gasteiger partial charge in [0.25, 0.3) is 0 Å². The number of hydrogen-bond donors (Lipinski definition) is 7. The van der Waals surface area contributed by atoms with Crippen molar-refractivity contribution in [2.24, 2.45) is 0 Å². The normalized spacial score (nSPS) is 9.09. The molecule has 0 saturated carbocycles. The van der Waals surface area contributed by atoms with Crippen LogP contribution < -0.4 is 110 Å². The van der Waals surface area contributed by atoms with Crippen molar-refractivity contribution < 1.29 is 163 Å². The summed E-state index contributed by atoms with van der Waals surface area (Å²) in [6, 6.07) is 0. The van der Waals surface area contributed by atoms with E-state index in [2.05, 4.69) is 0 Å². The maximum absolute atomic E-state index is 10.3. The zero-order valence-electron chi connectivity index (χ0n) is 18.6. The Kier molecular flexibility index (Phi) is 37.3. The van der Waals surface area contributed by atoms with E-state index in [1.807, 2.05) is 0 Å². The summed E-state index contributed by atoms with van der Waals surface area (Å²) >= 11 is 0. The molecule has 0 aromatic rings. The molecule has 0 bridgehead atoms. The number of carbonyl (C=O) groups is 6. The molecule has 16 nitrogen and oxygen atoms in total. The van der Waals surface area contributed by atoms with Crippen LogP contribution in [0.3, 0.4) is 0 Å². The number of hydrogen-bond acceptors (Lipinski definition) is 13. The molecular formula is C14H22NNa3O15. The first-order valence-electron chi connectivity index (χ1n) is 7.31. The molecule has 0 aliphatic carbocycles. The summed E-state index contributed by atoms with van der Waals surface area (Å²) in [5.74, 6) is -11.0. The minimum atomic E-state index is -2.97. The summed E-state index contributed by atoms with van der Waals surface area (Å²) in [6.45, 7) is 1.93.